The van der Waals surface area contributed by atoms with Crippen LogP contribution >= 0.6 is 0 Å². The van der Waals surface area contributed by atoms with E-state index in [0.29, 0.717) is 30.2 Å². The highest BCUT2D eigenvalue weighted by molar-refractivity contribution is 5.81. The molecule has 0 bridgehead atoms. The Balaban J connectivity index is 1.96. The first-order valence-corrected chi connectivity index (χ1v) is 7.15. The second-order valence-electron chi connectivity index (χ2n) is 4.93. The minimum Gasteiger partial charge on any atom is -0.497 e. The van der Waals surface area contributed by atoms with Crippen molar-refractivity contribution in [3.05, 3.63) is 23.8 Å². The largest absolute Gasteiger partial charge is 0.497 e. The van der Waals surface area contributed by atoms with Crippen LogP contribution in [0.5, 0.6) is 11.5 Å². The predicted molar refractivity (Wildman–Crippen MR) is 80.1 cm³/mol. The van der Waals surface area contributed by atoms with Crippen molar-refractivity contribution < 1.29 is 24.1 Å². The molecular formula is C15H22N2O5. The molecule has 1 aromatic rings. The lowest BCUT2D eigenvalue weighted by molar-refractivity contribution is -0.134. The molecule has 7 nitrogen and oxygen atoms in total. The number of morpholine rings is 1. The summed E-state index contributed by atoms with van der Waals surface area (Å²) in [7, 11) is 3.07. The summed E-state index contributed by atoms with van der Waals surface area (Å²) in [5, 5.41) is 16.1. The summed E-state index contributed by atoms with van der Waals surface area (Å²) >= 11 is 0. The van der Waals surface area contributed by atoms with Crippen molar-refractivity contribution in [1.82, 2.24) is 10.6 Å². The van der Waals surface area contributed by atoms with Gasteiger partial charge in [0, 0.05) is 25.2 Å². The van der Waals surface area contributed by atoms with Crippen molar-refractivity contribution in [2.45, 2.75) is 12.2 Å². The minimum absolute atomic E-state index is 0.0716. The van der Waals surface area contributed by atoms with Crippen LogP contribution in [0, 0.1) is 0 Å². The molecule has 1 saturated heterocycles. The van der Waals surface area contributed by atoms with Crippen molar-refractivity contribution in [2.24, 2.45) is 0 Å². The first-order valence-electron chi connectivity index (χ1n) is 7.15. The Morgan fingerprint density at radius 1 is 1.50 bits per heavy atom. The van der Waals surface area contributed by atoms with Crippen LogP contribution in [0.2, 0.25) is 0 Å². The van der Waals surface area contributed by atoms with Gasteiger partial charge in [-0.3, -0.25) is 4.79 Å². The predicted octanol–water partition coefficient (Wildman–Crippen LogP) is -0.158. The van der Waals surface area contributed by atoms with Crippen LogP contribution in [0.4, 0.5) is 0 Å². The second kappa shape index (κ2) is 7.98. The third kappa shape index (κ3) is 4.09. The number of benzene rings is 1. The lowest BCUT2D eigenvalue weighted by Gasteiger charge is -2.23. The molecule has 2 atom stereocenters. The van der Waals surface area contributed by atoms with Gasteiger partial charge in [0.05, 0.1) is 26.9 Å². The van der Waals surface area contributed by atoms with Crippen LogP contribution in [-0.2, 0) is 9.53 Å². The molecule has 3 N–H and O–H groups in total. The van der Waals surface area contributed by atoms with Crippen LogP contribution in [-0.4, -0.2) is 57.6 Å². The number of hydrogen-bond donors (Lipinski definition) is 3. The zero-order valence-corrected chi connectivity index (χ0v) is 12.8. The molecule has 1 fully saturated rings. The first kappa shape index (κ1) is 16.5. The molecule has 1 amide bonds. The number of ether oxygens (including phenoxy) is 3. The van der Waals surface area contributed by atoms with Gasteiger partial charge in [0.25, 0.3) is 5.91 Å². The van der Waals surface area contributed by atoms with E-state index in [1.807, 2.05) is 0 Å². The quantitative estimate of drug-likeness (QED) is 0.677. The molecule has 0 aromatic heterocycles. The standard InChI is InChI=1S/C15H22N2O5/c1-20-10-3-4-13(21-2)11(7-10)12(18)8-17-15(19)14-9-16-5-6-22-14/h3-4,7,12,14,16,18H,5-6,8-9H2,1-2H3,(H,17,19). The second-order valence-corrected chi connectivity index (χ2v) is 4.93. The number of rotatable bonds is 6. The maximum Gasteiger partial charge on any atom is 0.250 e. The third-order valence-electron chi connectivity index (χ3n) is 3.49. The fourth-order valence-corrected chi connectivity index (χ4v) is 2.25. The Bertz CT molecular complexity index is 503. The maximum atomic E-state index is 12.0. The van der Waals surface area contributed by atoms with Gasteiger partial charge in [-0.05, 0) is 18.2 Å². The maximum absolute atomic E-state index is 12.0. The summed E-state index contributed by atoms with van der Waals surface area (Å²) in [5.74, 6) is 0.909. The van der Waals surface area contributed by atoms with Gasteiger partial charge in [-0.25, -0.2) is 0 Å². The molecule has 122 valence electrons. The smallest absolute Gasteiger partial charge is 0.250 e. The van der Waals surface area contributed by atoms with Crippen molar-refractivity contribution in [3.63, 3.8) is 0 Å². The Morgan fingerprint density at radius 2 is 2.32 bits per heavy atom. The summed E-state index contributed by atoms with van der Waals surface area (Å²) in [4.78, 5) is 12.0. The molecule has 22 heavy (non-hydrogen) atoms. The minimum atomic E-state index is -0.898. The topological polar surface area (TPSA) is 89.0 Å². The molecule has 2 unspecified atom stereocenters. The normalized spacial score (nSPS) is 19.3. The molecule has 2 rings (SSSR count). The van der Waals surface area contributed by atoms with Crippen LogP contribution in [0.15, 0.2) is 18.2 Å². The van der Waals surface area contributed by atoms with Gasteiger partial charge in [0.2, 0.25) is 0 Å². The van der Waals surface area contributed by atoms with Crippen LogP contribution in [0.25, 0.3) is 0 Å². The molecule has 1 aromatic carbocycles. The number of hydrogen-bond acceptors (Lipinski definition) is 6. The van der Waals surface area contributed by atoms with Gasteiger partial charge >= 0.3 is 0 Å². The molecule has 1 heterocycles. The number of amides is 1. The number of carbonyl (C=O) groups excluding carboxylic acids is 1. The molecule has 0 saturated carbocycles. The molecule has 0 radical (unpaired) electrons. The molecule has 0 aliphatic carbocycles. The lowest BCUT2D eigenvalue weighted by atomic mass is 10.1. The van der Waals surface area contributed by atoms with Crippen molar-refractivity contribution in [2.75, 3.05) is 40.5 Å². The average Bonchev–Trinajstić information content (AvgIpc) is 2.59. The van der Waals surface area contributed by atoms with Gasteiger partial charge in [-0.1, -0.05) is 0 Å². The summed E-state index contributed by atoms with van der Waals surface area (Å²) in [6.07, 6.45) is -1.42. The number of aliphatic hydroxyl groups excluding tert-OH is 1. The van der Waals surface area contributed by atoms with E-state index >= 15 is 0 Å². The summed E-state index contributed by atoms with van der Waals surface area (Å²) in [6.45, 7) is 1.80. The summed E-state index contributed by atoms with van der Waals surface area (Å²) in [6, 6.07) is 5.15. The SMILES string of the molecule is COc1ccc(OC)c(C(O)CNC(=O)C2CNCCO2)c1. The van der Waals surface area contributed by atoms with Crippen molar-refractivity contribution in [1.29, 1.82) is 0 Å². The van der Waals surface area contributed by atoms with E-state index in [9.17, 15) is 9.90 Å². The van der Waals surface area contributed by atoms with E-state index in [1.54, 1.807) is 25.3 Å². The Labute approximate surface area is 129 Å². The summed E-state index contributed by atoms with van der Waals surface area (Å²) < 4.78 is 15.7. The van der Waals surface area contributed by atoms with Gasteiger partial charge in [-0.15, -0.1) is 0 Å². The van der Waals surface area contributed by atoms with E-state index in [2.05, 4.69) is 10.6 Å². The Morgan fingerprint density at radius 3 is 2.95 bits per heavy atom. The third-order valence-corrected chi connectivity index (χ3v) is 3.49. The molecule has 7 heteroatoms. The van der Waals surface area contributed by atoms with E-state index in [0.717, 1.165) is 6.54 Å². The number of methoxy groups -OCH3 is 2. The van der Waals surface area contributed by atoms with Gasteiger partial charge < -0.3 is 30.0 Å². The van der Waals surface area contributed by atoms with Crippen LogP contribution in [0.1, 0.15) is 11.7 Å². The Kier molecular flexibility index (Phi) is 6.00. The van der Waals surface area contributed by atoms with Gasteiger partial charge in [-0.2, -0.15) is 0 Å². The van der Waals surface area contributed by atoms with Crippen LogP contribution in [0.3, 0.4) is 0 Å². The molecular weight excluding hydrogens is 288 g/mol. The molecule has 1 aliphatic rings. The molecule has 0 spiro atoms. The number of carbonyl (C=O) groups is 1. The zero-order chi connectivity index (χ0) is 15.9. The van der Waals surface area contributed by atoms with E-state index in [1.165, 1.54) is 7.11 Å². The monoisotopic (exact) mass is 310 g/mol. The fraction of sp³-hybridized carbons (Fsp3) is 0.533. The zero-order valence-electron chi connectivity index (χ0n) is 12.8. The average molecular weight is 310 g/mol. The fourth-order valence-electron chi connectivity index (χ4n) is 2.25. The first-order chi connectivity index (χ1) is 10.7. The highest BCUT2D eigenvalue weighted by Gasteiger charge is 2.23. The number of aliphatic hydroxyl groups is 1. The molecule has 1 aliphatic heterocycles. The van der Waals surface area contributed by atoms with Crippen molar-refractivity contribution in [3.8, 4) is 11.5 Å². The lowest BCUT2D eigenvalue weighted by Crippen LogP contribution is -2.48. The highest BCUT2D eigenvalue weighted by atomic mass is 16.5. The summed E-state index contributed by atoms with van der Waals surface area (Å²) in [5.41, 5.74) is 0.560. The van der Waals surface area contributed by atoms with E-state index < -0.39 is 12.2 Å². The van der Waals surface area contributed by atoms with E-state index in [4.69, 9.17) is 14.2 Å². The van der Waals surface area contributed by atoms with E-state index in [-0.39, 0.29) is 12.5 Å². The Hall–Kier alpha value is -1.83. The van der Waals surface area contributed by atoms with Crippen LogP contribution < -0.4 is 20.1 Å². The van der Waals surface area contributed by atoms with Gasteiger partial charge in [0.15, 0.2) is 0 Å². The van der Waals surface area contributed by atoms with Crippen molar-refractivity contribution >= 4 is 5.91 Å². The number of nitrogens with one attached hydrogen (secondary N) is 2. The highest BCUT2D eigenvalue weighted by Crippen LogP contribution is 2.29. The van der Waals surface area contributed by atoms with Gasteiger partial charge in [0.1, 0.15) is 17.6 Å².